The molecule has 3 aromatic rings. The van der Waals surface area contributed by atoms with Gasteiger partial charge in [-0.1, -0.05) is 30.0 Å². The van der Waals surface area contributed by atoms with Gasteiger partial charge in [0.1, 0.15) is 42.2 Å². The number of likely N-dealkylation sites (N-methyl/N-ethyl adjacent to an activating group) is 1. The average Bonchev–Trinajstić information content (AvgIpc) is 2.95. The number of nitrogens with zero attached hydrogens (tertiary/aromatic N) is 2. The minimum Gasteiger partial charge on any atom is -0.489 e. The van der Waals surface area contributed by atoms with E-state index in [4.69, 9.17) is 14.6 Å². The molecule has 2 heterocycles. The molecule has 0 spiro atoms. The molecule has 2 N–H and O–H groups in total. The van der Waals surface area contributed by atoms with Gasteiger partial charge in [-0.15, -0.1) is 0 Å². The van der Waals surface area contributed by atoms with Crippen LogP contribution in [0.4, 0.5) is 5.69 Å². The molecule has 0 bridgehead atoms. The Labute approximate surface area is 190 Å². The number of aliphatic hydroxyl groups is 1. The highest BCUT2D eigenvalue weighted by molar-refractivity contribution is 6.03. The number of carbonyl (C=O) groups excluding carboxylic acids is 2. The summed E-state index contributed by atoms with van der Waals surface area (Å²) in [6.45, 7) is -0.300. The average molecular weight is 443 g/mol. The van der Waals surface area contributed by atoms with Crippen LogP contribution in [0.3, 0.4) is 0 Å². The van der Waals surface area contributed by atoms with Crippen LogP contribution in [0.15, 0.2) is 66.9 Å². The zero-order valence-corrected chi connectivity index (χ0v) is 17.8. The Kier molecular flexibility index (Phi) is 6.53. The van der Waals surface area contributed by atoms with Gasteiger partial charge in [-0.05, 0) is 36.4 Å². The topological polar surface area (TPSA) is 101 Å². The molecule has 4 rings (SSSR count). The lowest BCUT2D eigenvalue weighted by Crippen LogP contribution is -2.49. The zero-order chi connectivity index (χ0) is 23.2. The Morgan fingerprint density at radius 3 is 2.82 bits per heavy atom. The number of amides is 2. The first-order valence-electron chi connectivity index (χ1n) is 10.2. The Morgan fingerprint density at radius 2 is 2.03 bits per heavy atom. The second-order valence-corrected chi connectivity index (χ2v) is 7.17. The van der Waals surface area contributed by atoms with Crippen LogP contribution in [0, 0.1) is 11.8 Å². The molecule has 0 aliphatic carbocycles. The number of anilines is 1. The fourth-order valence-electron chi connectivity index (χ4n) is 3.28. The highest BCUT2D eigenvalue weighted by atomic mass is 16.5. The summed E-state index contributed by atoms with van der Waals surface area (Å²) in [6.07, 6.45) is 1.47. The molecule has 2 amide bonds. The van der Waals surface area contributed by atoms with Crippen LogP contribution in [0.1, 0.15) is 16.1 Å². The second-order valence-electron chi connectivity index (χ2n) is 7.17. The quantitative estimate of drug-likeness (QED) is 0.601. The molecule has 0 fully saturated rings. The van der Waals surface area contributed by atoms with Crippen molar-refractivity contribution < 1.29 is 24.2 Å². The molecule has 33 heavy (non-hydrogen) atoms. The second kappa shape index (κ2) is 9.85. The van der Waals surface area contributed by atoms with Crippen molar-refractivity contribution >= 4 is 17.5 Å². The third-order valence-electron chi connectivity index (χ3n) is 4.91. The third-order valence-corrected chi connectivity index (χ3v) is 4.91. The van der Waals surface area contributed by atoms with Crippen molar-refractivity contribution in [3.8, 4) is 29.1 Å². The Hall–Kier alpha value is -4.35. The van der Waals surface area contributed by atoms with Gasteiger partial charge < -0.3 is 24.8 Å². The van der Waals surface area contributed by atoms with Crippen molar-refractivity contribution in [2.75, 3.05) is 25.2 Å². The van der Waals surface area contributed by atoms with E-state index in [-0.39, 0.29) is 24.8 Å². The smallest absolute Gasteiger partial charge is 0.270 e. The lowest BCUT2D eigenvalue weighted by molar-refractivity contribution is -0.120. The maximum absolute atomic E-state index is 13.0. The number of aromatic nitrogens is 1. The standard InChI is InChI=1S/C25H21N3O5/c1-28-22-14-17(6-5-13-29)9-10-23(22)32-16-21(25(28)31)27-24(30)20-15-19(11-12-26-20)33-18-7-3-2-4-8-18/h2-4,7-12,14-15,21,29H,13,16H2,1H3,(H,27,30)/t21-/m1/s1. The van der Waals surface area contributed by atoms with Crippen molar-refractivity contribution in [1.82, 2.24) is 10.3 Å². The van der Waals surface area contributed by atoms with Crippen LogP contribution in [0.2, 0.25) is 0 Å². The Balaban J connectivity index is 1.48. The summed E-state index contributed by atoms with van der Waals surface area (Å²) in [7, 11) is 1.60. The van der Waals surface area contributed by atoms with Crippen molar-refractivity contribution in [2.45, 2.75) is 6.04 Å². The first-order valence-corrected chi connectivity index (χ1v) is 10.2. The molecule has 0 saturated heterocycles. The van der Waals surface area contributed by atoms with Crippen molar-refractivity contribution in [2.24, 2.45) is 0 Å². The van der Waals surface area contributed by atoms with Crippen molar-refractivity contribution in [1.29, 1.82) is 0 Å². The maximum Gasteiger partial charge on any atom is 0.270 e. The fraction of sp³-hybridized carbons (Fsp3) is 0.160. The van der Waals surface area contributed by atoms with E-state index in [9.17, 15) is 9.59 Å². The molecule has 0 radical (unpaired) electrons. The molecule has 166 valence electrons. The number of aliphatic hydroxyl groups excluding tert-OH is 1. The number of benzene rings is 2. The zero-order valence-electron chi connectivity index (χ0n) is 17.8. The van der Waals surface area contributed by atoms with Crippen LogP contribution in [0.5, 0.6) is 17.2 Å². The van der Waals surface area contributed by atoms with E-state index in [1.54, 1.807) is 43.4 Å². The minimum atomic E-state index is -0.914. The highest BCUT2D eigenvalue weighted by Crippen LogP contribution is 2.31. The molecular weight excluding hydrogens is 422 g/mol. The van der Waals surface area contributed by atoms with Crippen LogP contribution in [-0.4, -0.2) is 48.2 Å². The van der Waals surface area contributed by atoms with E-state index in [1.165, 1.54) is 17.2 Å². The van der Waals surface area contributed by atoms with Crippen LogP contribution < -0.4 is 19.7 Å². The number of hydrogen-bond acceptors (Lipinski definition) is 6. The molecule has 0 saturated carbocycles. The van der Waals surface area contributed by atoms with Gasteiger partial charge in [-0.2, -0.15) is 0 Å². The van der Waals surface area contributed by atoms with E-state index in [2.05, 4.69) is 22.1 Å². The number of ether oxygens (including phenoxy) is 2. The number of para-hydroxylation sites is 1. The summed E-state index contributed by atoms with van der Waals surface area (Å²) in [5.41, 5.74) is 1.27. The van der Waals surface area contributed by atoms with Gasteiger partial charge in [-0.3, -0.25) is 14.6 Å². The Bertz CT molecular complexity index is 1230. The molecule has 1 aliphatic heterocycles. The molecule has 1 atom stereocenters. The van der Waals surface area contributed by atoms with Crippen LogP contribution in [-0.2, 0) is 4.79 Å². The van der Waals surface area contributed by atoms with Crippen molar-refractivity contribution in [3.05, 3.63) is 78.1 Å². The first kappa shape index (κ1) is 21.9. The van der Waals surface area contributed by atoms with E-state index >= 15 is 0 Å². The van der Waals surface area contributed by atoms with Crippen LogP contribution in [0.25, 0.3) is 0 Å². The number of hydrogen-bond donors (Lipinski definition) is 2. The predicted molar refractivity (Wildman–Crippen MR) is 121 cm³/mol. The summed E-state index contributed by atoms with van der Waals surface area (Å²) < 4.78 is 11.5. The summed E-state index contributed by atoms with van der Waals surface area (Å²) in [5.74, 6) is 6.09. The lowest BCUT2D eigenvalue weighted by atomic mass is 10.1. The van der Waals surface area contributed by atoms with E-state index in [0.29, 0.717) is 28.5 Å². The maximum atomic E-state index is 13.0. The first-order chi connectivity index (χ1) is 16.0. The molecule has 0 unspecified atom stereocenters. The molecule has 8 heteroatoms. The Morgan fingerprint density at radius 1 is 1.21 bits per heavy atom. The van der Waals surface area contributed by atoms with Crippen LogP contribution >= 0.6 is 0 Å². The van der Waals surface area contributed by atoms with Gasteiger partial charge in [0.2, 0.25) is 0 Å². The highest BCUT2D eigenvalue weighted by Gasteiger charge is 2.31. The molecule has 1 aromatic heterocycles. The number of fused-ring (bicyclic) bond motifs is 1. The number of pyridine rings is 1. The number of carbonyl (C=O) groups is 2. The molecular formula is C25H21N3O5. The van der Waals surface area contributed by atoms with E-state index < -0.39 is 11.9 Å². The van der Waals surface area contributed by atoms with Gasteiger partial charge >= 0.3 is 0 Å². The summed E-state index contributed by atoms with van der Waals surface area (Å²) in [4.78, 5) is 31.4. The third kappa shape index (κ3) is 5.11. The largest absolute Gasteiger partial charge is 0.489 e. The normalized spacial score (nSPS) is 14.8. The van der Waals surface area contributed by atoms with Gasteiger partial charge in [0, 0.05) is 24.9 Å². The SMILES string of the molecule is CN1C(=O)[C@H](NC(=O)c2cc(Oc3ccccc3)ccn2)COc2ccc(C#CCO)cc21. The van der Waals surface area contributed by atoms with Crippen molar-refractivity contribution in [3.63, 3.8) is 0 Å². The minimum absolute atomic E-state index is 0.0379. The number of rotatable bonds is 4. The summed E-state index contributed by atoms with van der Waals surface area (Å²) in [6, 6.07) is 16.6. The van der Waals surface area contributed by atoms with Gasteiger partial charge in [-0.25, -0.2) is 0 Å². The summed E-state index contributed by atoms with van der Waals surface area (Å²) in [5, 5.41) is 11.6. The summed E-state index contributed by atoms with van der Waals surface area (Å²) >= 11 is 0. The molecule has 8 nitrogen and oxygen atoms in total. The molecule has 2 aromatic carbocycles. The lowest BCUT2D eigenvalue weighted by Gasteiger charge is -2.20. The van der Waals surface area contributed by atoms with Gasteiger partial charge in [0.15, 0.2) is 0 Å². The number of nitrogens with one attached hydrogen (secondary N) is 1. The fourth-order valence-corrected chi connectivity index (χ4v) is 3.28. The molecule has 1 aliphatic rings. The van der Waals surface area contributed by atoms with Gasteiger partial charge in [0.25, 0.3) is 11.8 Å². The van der Waals surface area contributed by atoms with Gasteiger partial charge in [0.05, 0.1) is 5.69 Å². The monoisotopic (exact) mass is 443 g/mol. The van der Waals surface area contributed by atoms with E-state index in [0.717, 1.165) is 0 Å². The van der Waals surface area contributed by atoms with E-state index in [1.807, 2.05) is 18.2 Å². The predicted octanol–water partition coefficient (Wildman–Crippen LogP) is 2.37.